The van der Waals surface area contributed by atoms with Gasteiger partial charge in [0.1, 0.15) is 18.5 Å². The molecule has 6 heteroatoms. The van der Waals surface area contributed by atoms with Gasteiger partial charge >= 0.3 is 0 Å². The third kappa shape index (κ3) is 3.43. The van der Waals surface area contributed by atoms with Crippen molar-refractivity contribution in [3.05, 3.63) is 30.0 Å². The number of rotatable bonds is 5. The van der Waals surface area contributed by atoms with Gasteiger partial charge in [0.05, 0.1) is 12.1 Å². The number of ether oxygens (including phenoxy) is 2. The SMILES string of the molecule is Cc1cc2ccnc(OCC3CC(O)C(=O)N3)c2cc1OC(C)C. The summed E-state index contributed by atoms with van der Waals surface area (Å²) in [6, 6.07) is 5.70. The van der Waals surface area contributed by atoms with E-state index < -0.39 is 6.10 Å². The van der Waals surface area contributed by atoms with Crippen LogP contribution in [0.2, 0.25) is 0 Å². The number of nitrogens with zero attached hydrogens (tertiary/aromatic N) is 1. The van der Waals surface area contributed by atoms with E-state index in [1.165, 1.54) is 0 Å². The highest BCUT2D eigenvalue weighted by Gasteiger charge is 2.30. The van der Waals surface area contributed by atoms with Gasteiger partial charge in [0, 0.05) is 18.0 Å². The summed E-state index contributed by atoms with van der Waals surface area (Å²) >= 11 is 0. The van der Waals surface area contributed by atoms with Gasteiger partial charge in [0.2, 0.25) is 11.8 Å². The summed E-state index contributed by atoms with van der Waals surface area (Å²) in [7, 11) is 0. The third-order valence-corrected chi connectivity index (χ3v) is 3.96. The number of hydrogen-bond donors (Lipinski definition) is 2. The molecule has 1 aromatic carbocycles. The molecule has 128 valence electrons. The summed E-state index contributed by atoms with van der Waals surface area (Å²) < 4.78 is 11.6. The molecule has 0 saturated carbocycles. The highest BCUT2D eigenvalue weighted by Crippen LogP contribution is 2.31. The number of benzene rings is 1. The van der Waals surface area contributed by atoms with E-state index in [2.05, 4.69) is 10.3 Å². The van der Waals surface area contributed by atoms with Gasteiger partial charge in [-0.05, 0) is 49.9 Å². The van der Waals surface area contributed by atoms with Crippen LogP contribution in [0.3, 0.4) is 0 Å². The number of aryl methyl sites for hydroxylation is 1. The fourth-order valence-electron chi connectivity index (χ4n) is 2.81. The summed E-state index contributed by atoms with van der Waals surface area (Å²) in [5.74, 6) is 0.953. The molecule has 2 heterocycles. The van der Waals surface area contributed by atoms with Gasteiger partial charge in [0.15, 0.2) is 0 Å². The van der Waals surface area contributed by atoms with Crippen molar-refractivity contribution in [1.82, 2.24) is 10.3 Å². The maximum absolute atomic E-state index is 11.3. The Morgan fingerprint density at radius 2 is 2.21 bits per heavy atom. The second-order valence-electron chi connectivity index (χ2n) is 6.39. The van der Waals surface area contributed by atoms with Crippen LogP contribution < -0.4 is 14.8 Å². The quantitative estimate of drug-likeness (QED) is 0.876. The highest BCUT2D eigenvalue weighted by molar-refractivity contribution is 5.89. The van der Waals surface area contributed by atoms with Crippen LogP contribution in [0.1, 0.15) is 25.8 Å². The number of aliphatic hydroxyl groups is 1. The van der Waals surface area contributed by atoms with Crippen LogP contribution in [0, 0.1) is 6.92 Å². The Balaban J connectivity index is 1.83. The minimum Gasteiger partial charge on any atom is -0.491 e. The Bertz CT molecular complexity index is 760. The molecule has 3 rings (SSSR count). The first kappa shape index (κ1) is 16.5. The zero-order valence-electron chi connectivity index (χ0n) is 14.1. The fourth-order valence-corrected chi connectivity index (χ4v) is 2.81. The average Bonchev–Trinajstić information content (AvgIpc) is 2.84. The zero-order valence-corrected chi connectivity index (χ0v) is 14.1. The van der Waals surface area contributed by atoms with Gasteiger partial charge in [-0.1, -0.05) is 0 Å². The van der Waals surface area contributed by atoms with Crippen LogP contribution in [-0.2, 0) is 4.79 Å². The lowest BCUT2D eigenvalue weighted by Gasteiger charge is -2.16. The van der Waals surface area contributed by atoms with E-state index in [1.54, 1.807) is 6.20 Å². The van der Waals surface area contributed by atoms with Crippen LogP contribution in [0.4, 0.5) is 0 Å². The Morgan fingerprint density at radius 1 is 1.42 bits per heavy atom. The van der Waals surface area contributed by atoms with Gasteiger partial charge in [-0.25, -0.2) is 4.98 Å². The molecule has 0 aliphatic carbocycles. The topological polar surface area (TPSA) is 80.7 Å². The minimum atomic E-state index is -0.951. The molecule has 1 aromatic heterocycles. The number of hydrogen-bond acceptors (Lipinski definition) is 5. The Kier molecular flexibility index (Phi) is 4.57. The zero-order chi connectivity index (χ0) is 17.3. The van der Waals surface area contributed by atoms with Crippen molar-refractivity contribution in [2.75, 3.05) is 6.61 Å². The minimum absolute atomic E-state index is 0.0809. The van der Waals surface area contributed by atoms with Crippen molar-refractivity contribution < 1.29 is 19.4 Å². The van der Waals surface area contributed by atoms with Crippen molar-refractivity contribution >= 4 is 16.7 Å². The van der Waals surface area contributed by atoms with Crippen molar-refractivity contribution in [2.45, 2.75) is 45.4 Å². The number of aromatic nitrogens is 1. The van der Waals surface area contributed by atoms with Crippen molar-refractivity contribution in [2.24, 2.45) is 0 Å². The van der Waals surface area contributed by atoms with Crippen molar-refractivity contribution in [1.29, 1.82) is 0 Å². The van der Waals surface area contributed by atoms with E-state index >= 15 is 0 Å². The predicted molar refractivity (Wildman–Crippen MR) is 90.3 cm³/mol. The molecule has 0 bridgehead atoms. The van der Waals surface area contributed by atoms with Crippen LogP contribution in [0.15, 0.2) is 24.4 Å². The number of carbonyl (C=O) groups is 1. The van der Waals surface area contributed by atoms with Gasteiger partial charge in [-0.2, -0.15) is 0 Å². The number of aliphatic hydroxyl groups excluding tert-OH is 1. The Morgan fingerprint density at radius 3 is 2.88 bits per heavy atom. The molecule has 6 nitrogen and oxygen atoms in total. The van der Waals surface area contributed by atoms with Crippen molar-refractivity contribution in [3.63, 3.8) is 0 Å². The van der Waals surface area contributed by atoms with E-state index in [0.29, 0.717) is 12.3 Å². The van der Waals surface area contributed by atoms with E-state index in [-0.39, 0.29) is 24.7 Å². The van der Waals surface area contributed by atoms with Gasteiger partial charge in [0.25, 0.3) is 0 Å². The normalized spacial score (nSPS) is 20.5. The average molecular weight is 330 g/mol. The van der Waals surface area contributed by atoms with Crippen molar-refractivity contribution in [3.8, 4) is 11.6 Å². The molecule has 24 heavy (non-hydrogen) atoms. The molecule has 2 N–H and O–H groups in total. The predicted octanol–water partition coefficient (Wildman–Crippen LogP) is 1.96. The first-order valence-corrected chi connectivity index (χ1v) is 8.11. The van der Waals surface area contributed by atoms with Crippen LogP contribution in [-0.4, -0.2) is 40.9 Å². The number of pyridine rings is 1. The van der Waals surface area contributed by atoms with E-state index in [4.69, 9.17) is 9.47 Å². The summed E-state index contributed by atoms with van der Waals surface area (Å²) in [6.45, 7) is 6.24. The third-order valence-electron chi connectivity index (χ3n) is 3.96. The lowest BCUT2D eigenvalue weighted by molar-refractivity contribution is -0.126. The van der Waals surface area contributed by atoms with E-state index in [9.17, 15) is 9.90 Å². The Labute approximate surface area is 140 Å². The smallest absolute Gasteiger partial charge is 0.249 e. The maximum Gasteiger partial charge on any atom is 0.249 e. The van der Waals surface area contributed by atoms with Crippen LogP contribution in [0.25, 0.3) is 10.8 Å². The molecule has 1 amide bonds. The molecule has 1 aliphatic rings. The second-order valence-corrected chi connectivity index (χ2v) is 6.39. The molecule has 1 fully saturated rings. The molecule has 2 unspecified atom stereocenters. The summed E-state index contributed by atoms with van der Waals surface area (Å²) in [4.78, 5) is 15.6. The molecular formula is C18H22N2O4. The summed E-state index contributed by atoms with van der Waals surface area (Å²) in [5.41, 5.74) is 1.06. The van der Waals surface area contributed by atoms with E-state index in [1.807, 2.05) is 39.0 Å². The molecule has 0 spiro atoms. The lowest BCUT2D eigenvalue weighted by atomic mass is 10.1. The van der Waals surface area contributed by atoms with Crippen LogP contribution >= 0.6 is 0 Å². The first-order valence-electron chi connectivity index (χ1n) is 8.11. The van der Waals surface area contributed by atoms with Gasteiger partial charge in [-0.3, -0.25) is 4.79 Å². The van der Waals surface area contributed by atoms with Gasteiger partial charge in [-0.15, -0.1) is 0 Å². The van der Waals surface area contributed by atoms with Crippen LogP contribution in [0.5, 0.6) is 11.6 Å². The molecule has 2 aromatic rings. The molecule has 0 radical (unpaired) electrons. The number of carbonyl (C=O) groups excluding carboxylic acids is 1. The number of fused-ring (bicyclic) bond motifs is 1. The number of nitrogens with one attached hydrogen (secondary N) is 1. The summed E-state index contributed by atoms with van der Waals surface area (Å²) in [5, 5.41) is 14.1. The van der Waals surface area contributed by atoms with E-state index in [0.717, 1.165) is 22.1 Å². The van der Waals surface area contributed by atoms with Gasteiger partial charge < -0.3 is 19.9 Å². The second kappa shape index (κ2) is 6.65. The first-order chi connectivity index (χ1) is 11.4. The standard InChI is InChI=1S/C18H22N2O4/c1-10(2)24-16-8-14-12(6-11(16)3)4-5-19-18(14)23-9-13-7-15(21)17(22)20-13/h4-6,8,10,13,15,21H,7,9H2,1-3H3,(H,20,22). The highest BCUT2D eigenvalue weighted by atomic mass is 16.5. The Hall–Kier alpha value is -2.34. The number of amides is 1. The largest absolute Gasteiger partial charge is 0.491 e. The fraction of sp³-hybridized carbons (Fsp3) is 0.444. The monoisotopic (exact) mass is 330 g/mol. The lowest BCUT2D eigenvalue weighted by Crippen LogP contribution is -2.31. The molecule has 1 aliphatic heterocycles. The molecule has 2 atom stereocenters. The maximum atomic E-state index is 11.3. The summed E-state index contributed by atoms with van der Waals surface area (Å²) in [6.07, 6.45) is 1.18. The molecular weight excluding hydrogens is 308 g/mol. The molecule has 1 saturated heterocycles.